The van der Waals surface area contributed by atoms with Crippen molar-refractivity contribution in [3.05, 3.63) is 58.7 Å². The Morgan fingerprint density at radius 2 is 1.68 bits per heavy atom. The lowest BCUT2D eigenvalue weighted by molar-refractivity contribution is -0.162. The van der Waals surface area contributed by atoms with Gasteiger partial charge in [0.1, 0.15) is 0 Å². The van der Waals surface area contributed by atoms with Gasteiger partial charge < -0.3 is 9.84 Å². The number of fused-ring (bicyclic) bond motifs is 3. The van der Waals surface area contributed by atoms with Gasteiger partial charge in [0.05, 0.1) is 17.6 Å². The van der Waals surface area contributed by atoms with E-state index in [4.69, 9.17) is 4.74 Å². The highest BCUT2D eigenvalue weighted by atomic mass is 16.5. The van der Waals surface area contributed by atoms with Crippen LogP contribution in [0.3, 0.4) is 0 Å². The molecule has 5 rings (SSSR count). The summed E-state index contributed by atoms with van der Waals surface area (Å²) < 4.78 is 5.82. The molecule has 246 valence electrons. The molecule has 0 amide bonds. The fraction of sp³-hybridized carbons (Fsp3) is 0.725. The van der Waals surface area contributed by atoms with Crippen LogP contribution in [0.2, 0.25) is 0 Å². The number of aliphatic carboxylic acids is 1. The largest absolute Gasteiger partial charge is 0.481 e. The van der Waals surface area contributed by atoms with Crippen molar-refractivity contribution in [3.8, 4) is 0 Å². The van der Waals surface area contributed by atoms with Crippen molar-refractivity contribution in [1.29, 1.82) is 0 Å². The number of rotatable bonds is 6. The van der Waals surface area contributed by atoms with Crippen LogP contribution < -0.4 is 0 Å². The third kappa shape index (κ3) is 7.89. The molecule has 1 aromatic carbocycles. The molecule has 7 atom stereocenters. The Hall–Kier alpha value is -1.91. The zero-order chi connectivity index (χ0) is 32.4. The van der Waals surface area contributed by atoms with Gasteiger partial charge in [0.2, 0.25) is 0 Å². The smallest absolute Gasteiger partial charge is 0.309 e. The Labute approximate surface area is 269 Å². The van der Waals surface area contributed by atoms with Crippen LogP contribution in [0.25, 0.3) is 0 Å². The molecule has 1 aromatic rings. The SMILES string of the molecule is CC(C)C1=CC2=CC[C@@H]3[C@](C)(CCC[C@@]3(C)C(=O)O)[C@H]2CC1.CC(Cc1ccc(C(C)(C)C)cc1)CN1C[C@@H](C)O[C@@H](C)C1. The third-order valence-electron chi connectivity index (χ3n) is 11.5. The summed E-state index contributed by atoms with van der Waals surface area (Å²) in [6.45, 7) is 25.8. The van der Waals surface area contributed by atoms with Crippen molar-refractivity contribution in [2.45, 2.75) is 132 Å². The van der Waals surface area contributed by atoms with E-state index < -0.39 is 11.4 Å². The molecule has 0 aromatic heterocycles. The van der Waals surface area contributed by atoms with Gasteiger partial charge in [-0.3, -0.25) is 9.69 Å². The Bertz CT molecular complexity index is 1180. The number of benzene rings is 1. The standard InChI is InChI=1S/C20H33NO.C20H30O2/c1-15(12-21-13-16(2)22-17(3)14-21)11-18-7-9-19(10-8-18)20(4,5)6;1-13(2)14-6-8-16-15(12-14)7-9-17-19(16,3)10-5-11-20(17,4)18(21)22/h7-10,15-17H,11-14H2,1-6H3;7,12-13,16-17H,5-6,8-11H2,1-4H3,(H,21,22)/t15?,16-,17+;16-,17+,19+,20+/m.0/s1. The van der Waals surface area contributed by atoms with Gasteiger partial charge in [-0.15, -0.1) is 0 Å². The zero-order valence-corrected chi connectivity index (χ0v) is 29.7. The second-order valence-electron chi connectivity index (χ2n) is 16.8. The summed E-state index contributed by atoms with van der Waals surface area (Å²) in [6.07, 6.45) is 13.1. The van der Waals surface area contributed by atoms with E-state index in [1.54, 1.807) is 5.57 Å². The minimum atomic E-state index is -0.588. The van der Waals surface area contributed by atoms with E-state index in [9.17, 15) is 9.90 Å². The molecule has 1 unspecified atom stereocenters. The van der Waals surface area contributed by atoms with Gasteiger partial charge in [-0.1, -0.05) is 96.9 Å². The van der Waals surface area contributed by atoms with Crippen LogP contribution in [-0.4, -0.2) is 47.8 Å². The summed E-state index contributed by atoms with van der Waals surface area (Å²) in [5.41, 5.74) is 5.80. The molecule has 2 fully saturated rings. The number of hydrogen-bond acceptors (Lipinski definition) is 3. The first-order valence-electron chi connectivity index (χ1n) is 17.6. The van der Waals surface area contributed by atoms with Crippen LogP contribution in [0.5, 0.6) is 0 Å². The van der Waals surface area contributed by atoms with Crippen LogP contribution in [0, 0.1) is 34.5 Å². The van der Waals surface area contributed by atoms with E-state index >= 15 is 0 Å². The average molecular weight is 606 g/mol. The molecule has 1 N–H and O–H groups in total. The van der Waals surface area contributed by atoms with Crippen LogP contribution in [0.1, 0.15) is 119 Å². The van der Waals surface area contributed by atoms with Gasteiger partial charge in [0, 0.05) is 19.6 Å². The van der Waals surface area contributed by atoms with E-state index in [0.717, 1.165) is 38.8 Å². The molecule has 1 heterocycles. The maximum Gasteiger partial charge on any atom is 0.309 e. The molecule has 0 radical (unpaired) electrons. The fourth-order valence-electron chi connectivity index (χ4n) is 9.08. The van der Waals surface area contributed by atoms with Crippen molar-refractivity contribution in [3.63, 3.8) is 0 Å². The fourth-order valence-corrected chi connectivity index (χ4v) is 9.08. The van der Waals surface area contributed by atoms with Gasteiger partial charge in [0.15, 0.2) is 0 Å². The number of allylic oxidation sites excluding steroid dienone is 4. The maximum absolute atomic E-state index is 11.9. The third-order valence-corrected chi connectivity index (χ3v) is 11.5. The molecule has 4 heteroatoms. The van der Waals surface area contributed by atoms with E-state index in [1.165, 1.54) is 42.5 Å². The molecule has 4 nitrogen and oxygen atoms in total. The van der Waals surface area contributed by atoms with E-state index in [-0.39, 0.29) is 16.7 Å². The highest BCUT2D eigenvalue weighted by Crippen LogP contribution is 2.62. The molecule has 1 saturated carbocycles. The Balaban J connectivity index is 0.000000201. The van der Waals surface area contributed by atoms with Crippen LogP contribution >= 0.6 is 0 Å². The lowest BCUT2D eigenvalue weighted by atomic mass is 9.47. The summed E-state index contributed by atoms with van der Waals surface area (Å²) >= 11 is 0. The van der Waals surface area contributed by atoms with Crippen molar-refractivity contribution in [2.24, 2.45) is 34.5 Å². The van der Waals surface area contributed by atoms with Crippen molar-refractivity contribution in [1.82, 2.24) is 4.90 Å². The lowest BCUT2D eigenvalue weighted by Crippen LogP contribution is -2.53. The highest BCUT2D eigenvalue weighted by molar-refractivity contribution is 5.75. The first-order valence-corrected chi connectivity index (χ1v) is 17.6. The predicted molar refractivity (Wildman–Crippen MR) is 184 cm³/mol. The van der Waals surface area contributed by atoms with Crippen molar-refractivity contribution in [2.75, 3.05) is 19.6 Å². The zero-order valence-electron chi connectivity index (χ0n) is 29.7. The number of hydrogen-bond donors (Lipinski definition) is 1. The molecule has 0 bridgehead atoms. The maximum atomic E-state index is 11.9. The summed E-state index contributed by atoms with van der Waals surface area (Å²) in [7, 11) is 0. The summed E-state index contributed by atoms with van der Waals surface area (Å²) in [5.74, 6) is 1.57. The number of morpholine rings is 1. The molecular weight excluding hydrogens is 542 g/mol. The monoisotopic (exact) mass is 605 g/mol. The topological polar surface area (TPSA) is 49.8 Å². The van der Waals surface area contributed by atoms with Gasteiger partial charge in [0.25, 0.3) is 0 Å². The van der Waals surface area contributed by atoms with Crippen molar-refractivity contribution >= 4 is 5.97 Å². The summed E-state index contributed by atoms with van der Waals surface area (Å²) in [4.78, 5) is 14.5. The Morgan fingerprint density at radius 1 is 1.05 bits per heavy atom. The minimum Gasteiger partial charge on any atom is -0.481 e. The highest BCUT2D eigenvalue weighted by Gasteiger charge is 2.57. The van der Waals surface area contributed by atoms with Gasteiger partial charge in [-0.05, 0) is 110 Å². The molecule has 0 spiro atoms. The molecule has 1 saturated heterocycles. The van der Waals surface area contributed by atoms with Gasteiger partial charge in [-0.25, -0.2) is 0 Å². The van der Waals surface area contributed by atoms with Crippen LogP contribution in [0.15, 0.2) is 47.6 Å². The minimum absolute atomic E-state index is 0.161. The summed E-state index contributed by atoms with van der Waals surface area (Å²) in [6, 6.07) is 9.20. The number of carbonyl (C=O) groups is 1. The average Bonchev–Trinajstić information content (AvgIpc) is 2.92. The van der Waals surface area contributed by atoms with Gasteiger partial charge in [-0.2, -0.15) is 0 Å². The number of carboxylic acids is 1. The number of nitrogens with zero attached hydrogens (tertiary/aromatic N) is 1. The van der Waals surface area contributed by atoms with E-state index in [0.29, 0.717) is 30.0 Å². The molecule has 44 heavy (non-hydrogen) atoms. The normalized spacial score (nSPS) is 33.2. The molecule has 1 aliphatic heterocycles. The van der Waals surface area contributed by atoms with Crippen LogP contribution in [0.4, 0.5) is 0 Å². The van der Waals surface area contributed by atoms with Gasteiger partial charge >= 0.3 is 5.97 Å². The second kappa shape index (κ2) is 13.8. The predicted octanol–water partition coefficient (Wildman–Crippen LogP) is 9.48. The first kappa shape index (κ1) is 35.0. The molecule has 3 aliphatic carbocycles. The summed E-state index contributed by atoms with van der Waals surface area (Å²) in [5, 5.41) is 9.83. The Morgan fingerprint density at radius 3 is 2.25 bits per heavy atom. The lowest BCUT2D eigenvalue weighted by Gasteiger charge is -2.57. The molecule has 4 aliphatic rings. The van der Waals surface area contributed by atoms with Crippen LogP contribution in [-0.2, 0) is 21.4 Å². The quantitative estimate of drug-likeness (QED) is 0.351. The van der Waals surface area contributed by atoms with E-state index in [1.807, 2.05) is 6.92 Å². The number of carboxylic acid groups (broad SMARTS) is 1. The molecular formula is C40H63NO3. The van der Waals surface area contributed by atoms with E-state index in [2.05, 4.69) is 104 Å². The number of ether oxygens (including phenoxy) is 1. The Kier molecular flexibility index (Phi) is 11.0. The first-order chi connectivity index (χ1) is 20.5. The second-order valence-corrected chi connectivity index (χ2v) is 16.8. The van der Waals surface area contributed by atoms with Crippen molar-refractivity contribution < 1.29 is 14.6 Å².